The number of para-hydroxylation sites is 2. The number of nitrogens with zero attached hydrogens (tertiary/aromatic N) is 4. The van der Waals surface area contributed by atoms with E-state index in [0.29, 0.717) is 18.8 Å². The maximum Gasteiger partial charge on any atom is 0.322 e. The largest absolute Gasteiger partial charge is 0.494 e. The molecular formula is C25H30FN5O2. The van der Waals surface area contributed by atoms with E-state index in [2.05, 4.69) is 17.1 Å². The third kappa shape index (κ3) is 4.85. The van der Waals surface area contributed by atoms with Crippen molar-refractivity contribution >= 4 is 11.7 Å². The second-order valence-electron chi connectivity index (χ2n) is 8.03. The first-order valence-electron chi connectivity index (χ1n) is 11.3. The topological polar surface area (TPSA) is 62.6 Å². The van der Waals surface area contributed by atoms with E-state index in [1.165, 1.54) is 12.1 Å². The zero-order chi connectivity index (χ0) is 23.4. The fourth-order valence-corrected chi connectivity index (χ4v) is 4.22. The molecule has 0 bridgehead atoms. The summed E-state index contributed by atoms with van der Waals surface area (Å²) in [7, 11) is 1.66. The van der Waals surface area contributed by atoms with Crippen LogP contribution in [0.15, 0.2) is 48.5 Å². The SMILES string of the molecule is CCN1CCc2c(c(CN(CC)C(=O)Nc3cccc(F)c3)nn2-c2ccccc2OC)C1. The van der Waals surface area contributed by atoms with Gasteiger partial charge in [-0.05, 0) is 43.8 Å². The summed E-state index contributed by atoms with van der Waals surface area (Å²) in [5.41, 5.74) is 4.49. The highest BCUT2D eigenvalue weighted by Gasteiger charge is 2.27. The first kappa shape index (κ1) is 22.8. The Morgan fingerprint density at radius 3 is 2.76 bits per heavy atom. The highest BCUT2D eigenvalue weighted by molar-refractivity contribution is 5.89. The summed E-state index contributed by atoms with van der Waals surface area (Å²) in [6, 6.07) is 13.5. The van der Waals surface area contributed by atoms with Crippen molar-refractivity contribution in [3.63, 3.8) is 0 Å². The quantitative estimate of drug-likeness (QED) is 0.577. The number of halogens is 1. The number of benzene rings is 2. The second-order valence-corrected chi connectivity index (χ2v) is 8.03. The molecule has 0 spiro atoms. The number of fused-ring (bicyclic) bond motifs is 1. The number of urea groups is 1. The van der Waals surface area contributed by atoms with Gasteiger partial charge in [0.2, 0.25) is 0 Å². The molecule has 33 heavy (non-hydrogen) atoms. The number of nitrogens with one attached hydrogen (secondary N) is 1. The lowest BCUT2D eigenvalue weighted by molar-refractivity contribution is 0.210. The van der Waals surface area contributed by atoms with Gasteiger partial charge in [0.15, 0.2) is 0 Å². The van der Waals surface area contributed by atoms with Gasteiger partial charge in [0.1, 0.15) is 17.3 Å². The second kappa shape index (κ2) is 10.0. The summed E-state index contributed by atoms with van der Waals surface area (Å²) in [5.74, 6) is 0.364. The van der Waals surface area contributed by atoms with Crippen LogP contribution in [-0.2, 0) is 19.5 Å². The van der Waals surface area contributed by atoms with Gasteiger partial charge in [-0.2, -0.15) is 5.10 Å². The number of carbonyl (C=O) groups is 1. The van der Waals surface area contributed by atoms with Gasteiger partial charge in [-0.3, -0.25) is 4.90 Å². The molecular weight excluding hydrogens is 421 g/mol. The van der Waals surface area contributed by atoms with Crippen molar-refractivity contribution in [2.45, 2.75) is 33.4 Å². The van der Waals surface area contributed by atoms with Crippen LogP contribution >= 0.6 is 0 Å². The lowest BCUT2D eigenvalue weighted by atomic mass is 10.0. The molecule has 3 aromatic rings. The van der Waals surface area contributed by atoms with E-state index < -0.39 is 0 Å². The molecule has 8 heteroatoms. The van der Waals surface area contributed by atoms with Crippen LogP contribution in [0.4, 0.5) is 14.9 Å². The van der Waals surface area contributed by atoms with E-state index in [4.69, 9.17) is 9.84 Å². The monoisotopic (exact) mass is 451 g/mol. The van der Waals surface area contributed by atoms with Crippen LogP contribution in [0.3, 0.4) is 0 Å². The van der Waals surface area contributed by atoms with Crippen LogP contribution in [0.2, 0.25) is 0 Å². The van der Waals surface area contributed by atoms with Crippen LogP contribution in [0.5, 0.6) is 5.75 Å². The number of hydrogen-bond acceptors (Lipinski definition) is 4. The molecule has 2 heterocycles. The molecule has 174 valence electrons. The minimum Gasteiger partial charge on any atom is -0.494 e. The molecule has 4 rings (SSSR count). The molecule has 1 aliphatic heterocycles. The number of ether oxygens (including phenoxy) is 1. The van der Waals surface area contributed by atoms with Crippen LogP contribution in [0, 0.1) is 5.82 Å². The zero-order valence-electron chi connectivity index (χ0n) is 19.3. The van der Waals surface area contributed by atoms with Crippen LogP contribution < -0.4 is 10.1 Å². The number of carbonyl (C=O) groups excluding carboxylic acids is 1. The van der Waals surface area contributed by atoms with Crippen molar-refractivity contribution in [3.8, 4) is 11.4 Å². The molecule has 1 aliphatic rings. The molecule has 0 unspecified atom stereocenters. The zero-order valence-corrected chi connectivity index (χ0v) is 19.3. The lowest BCUT2D eigenvalue weighted by Gasteiger charge is -2.27. The van der Waals surface area contributed by atoms with Crippen molar-refractivity contribution < 1.29 is 13.9 Å². The highest BCUT2D eigenvalue weighted by atomic mass is 19.1. The molecule has 0 saturated carbocycles. The van der Waals surface area contributed by atoms with Crippen molar-refractivity contribution in [3.05, 3.63) is 71.3 Å². The lowest BCUT2D eigenvalue weighted by Crippen LogP contribution is -2.35. The van der Waals surface area contributed by atoms with Gasteiger partial charge < -0.3 is 15.0 Å². The van der Waals surface area contributed by atoms with E-state index in [9.17, 15) is 9.18 Å². The average molecular weight is 452 g/mol. The molecule has 2 aromatic carbocycles. The first-order chi connectivity index (χ1) is 16.0. The predicted molar refractivity (Wildman–Crippen MR) is 126 cm³/mol. The van der Waals surface area contributed by atoms with Crippen LogP contribution in [-0.4, -0.2) is 52.4 Å². The van der Waals surface area contributed by atoms with Crippen molar-refractivity contribution in [2.24, 2.45) is 0 Å². The third-order valence-electron chi connectivity index (χ3n) is 6.07. The summed E-state index contributed by atoms with van der Waals surface area (Å²) in [6.07, 6.45) is 0.871. The van der Waals surface area contributed by atoms with Gasteiger partial charge in [0, 0.05) is 37.3 Å². The summed E-state index contributed by atoms with van der Waals surface area (Å²) in [5, 5.41) is 7.75. The van der Waals surface area contributed by atoms with E-state index >= 15 is 0 Å². The minimum absolute atomic E-state index is 0.285. The molecule has 0 atom stereocenters. The third-order valence-corrected chi connectivity index (χ3v) is 6.07. The first-order valence-corrected chi connectivity index (χ1v) is 11.3. The van der Waals surface area contributed by atoms with E-state index in [1.807, 2.05) is 35.9 Å². The van der Waals surface area contributed by atoms with Crippen molar-refractivity contribution in [1.82, 2.24) is 19.6 Å². The highest BCUT2D eigenvalue weighted by Crippen LogP contribution is 2.30. The Balaban J connectivity index is 1.66. The summed E-state index contributed by atoms with van der Waals surface area (Å²) in [4.78, 5) is 17.0. The van der Waals surface area contributed by atoms with Crippen LogP contribution in [0.25, 0.3) is 5.69 Å². The summed E-state index contributed by atoms with van der Waals surface area (Å²) >= 11 is 0. The van der Waals surface area contributed by atoms with Crippen LogP contribution in [0.1, 0.15) is 30.8 Å². The number of hydrogen-bond donors (Lipinski definition) is 1. The Labute approximate surface area is 193 Å². The van der Waals surface area contributed by atoms with Crippen molar-refractivity contribution in [2.75, 3.05) is 32.1 Å². The van der Waals surface area contributed by atoms with E-state index in [0.717, 1.165) is 54.4 Å². The molecule has 1 aromatic heterocycles. The number of rotatable bonds is 7. The number of anilines is 1. The van der Waals surface area contributed by atoms with Gasteiger partial charge in [0.05, 0.1) is 25.0 Å². The smallest absolute Gasteiger partial charge is 0.322 e. The number of likely N-dealkylation sites (N-methyl/N-ethyl adjacent to an activating group) is 1. The predicted octanol–water partition coefficient (Wildman–Crippen LogP) is 4.45. The molecule has 0 radical (unpaired) electrons. The van der Waals surface area contributed by atoms with Gasteiger partial charge in [0.25, 0.3) is 0 Å². The summed E-state index contributed by atoms with van der Waals surface area (Å²) in [6.45, 7) is 7.64. The van der Waals surface area contributed by atoms with Gasteiger partial charge in [-0.15, -0.1) is 0 Å². The fourth-order valence-electron chi connectivity index (χ4n) is 4.22. The maximum atomic E-state index is 13.5. The standard InChI is InChI=1S/C25H30FN5O2/c1-4-29-14-13-22-20(16-29)21(28-31(22)23-11-6-7-12-24(23)33-3)17-30(5-2)25(32)27-19-10-8-9-18(26)15-19/h6-12,15H,4-5,13-14,16-17H2,1-3H3,(H,27,32). The molecule has 1 N–H and O–H groups in total. The fraction of sp³-hybridized carbons (Fsp3) is 0.360. The van der Waals surface area contributed by atoms with E-state index in [-0.39, 0.29) is 11.8 Å². The summed E-state index contributed by atoms with van der Waals surface area (Å²) < 4.78 is 21.1. The number of methoxy groups -OCH3 is 1. The Morgan fingerprint density at radius 2 is 2.03 bits per heavy atom. The number of aromatic nitrogens is 2. The Bertz CT molecular complexity index is 1130. The maximum absolute atomic E-state index is 13.5. The van der Waals surface area contributed by atoms with Gasteiger partial charge >= 0.3 is 6.03 Å². The Morgan fingerprint density at radius 1 is 1.21 bits per heavy atom. The normalized spacial score (nSPS) is 13.5. The van der Waals surface area contributed by atoms with Gasteiger partial charge in [-0.25, -0.2) is 13.9 Å². The van der Waals surface area contributed by atoms with Gasteiger partial charge in [-0.1, -0.05) is 25.1 Å². The van der Waals surface area contributed by atoms with E-state index in [1.54, 1.807) is 24.1 Å². The molecule has 0 fully saturated rings. The van der Waals surface area contributed by atoms with Crippen molar-refractivity contribution in [1.29, 1.82) is 0 Å². The number of amides is 2. The Hall–Kier alpha value is -3.39. The molecule has 2 amide bonds. The Kier molecular flexibility index (Phi) is 6.93. The average Bonchev–Trinajstić information content (AvgIpc) is 3.19. The molecule has 0 saturated heterocycles. The molecule has 7 nitrogen and oxygen atoms in total. The molecule has 0 aliphatic carbocycles. The minimum atomic E-state index is -0.389.